The third kappa shape index (κ3) is 12.5. The first-order valence-corrected chi connectivity index (χ1v) is 22.1. The van der Waals surface area contributed by atoms with E-state index in [1.54, 1.807) is 140 Å². The van der Waals surface area contributed by atoms with Gasteiger partial charge in [0.15, 0.2) is 6.23 Å². The second kappa shape index (κ2) is 22.4. The minimum absolute atomic E-state index is 0.00327. The van der Waals surface area contributed by atoms with Gasteiger partial charge in [-0.05, 0) is 35.2 Å². The zero-order valence-corrected chi connectivity index (χ0v) is 36.8. The van der Waals surface area contributed by atoms with E-state index in [0.29, 0.717) is 22.3 Å². The van der Waals surface area contributed by atoms with E-state index in [4.69, 9.17) is 4.74 Å². The molecule has 0 aromatic heterocycles. The van der Waals surface area contributed by atoms with Crippen molar-refractivity contribution in [2.45, 2.75) is 75.1 Å². The Bertz CT molecular complexity index is 2530. The molecule has 0 saturated carbocycles. The van der Waals surface area contributed by atoms with Gasteiger partial charge >= 0.3 is 0 Å². The van der Waals surface area contributed by atoms with Crippen LogP contribution in [0.4, 0.5) is 0 Å². The number of phenols is 1. The van der Waals surface area contributed by atoms with Crippen LogP contribution in [0, 0.1) is 0 Å². The second-order valence-corrected chi connectivity index (χ2v) is 16.5. The normalized spacial score (nSPS) is 23.6. The fourth-order valence-electron chi connectivity index (χ4n) is 8.21. The molecule has 7 amide bonds. The minimum atomic E-state index is -1.40. The number of fused-ring (bicyclic) bond motifs is 1. The van der Waals surface area contributed by atoms with Gasteiger partial charge in [-0.3, -0.25) is 38.5 Å². The molecule has 5 aromatic carbocycles. The number of aromatic hydroxyl groups is 1. The van der Waals surface area contributed by atoms with Gasteiger partial charge in [0.25, 0.3) is 0 Å². The quantitative estimate of drug-likeness (QED) is 0.115. The van der Waals surface area contributed by atoms with E-state index in [1.165, 1.54) is 12.1 Å². The first-order chi connectivity index (χ1) is 32.4. The smallest absolute Gasteiger partial charge is 0.246 e. The lowest BCUT2D eigenvalue weighted by Crippen LogP contribution is -2.59. The van der Waals surface area contributed by atoms with Crippen LogP contribution >= 0.6 is 0 Å². The lowest BCUT2D eigenvalue weighted by Gasteiger charge is -2.30. The molecule has 2 fully saturated rings. The lowest BCUT2D eigenvalue weighted by molar-refractivity contribution is -0.143. The van der Waals surface area contributed by atoms with Crippen LogP contribution in [-0.2, 0) is 64.0 Å². The van der Waals surface area contributed by atoms with Gasteiger partial charge in [-0.1, -0.05) is 140 Å². The van der Waals surface area contributed by atoms with Crippen LogP contribution < -0.4 is 31.9 Å². The molecular formula is C51H53N7O9. The SMILES string of the molecule is C[C@H]1OC(c2ccccc2O)N2C(=O)CNC(=O)[C@H](Cc3ccccc3)NC(=O)[C@H](Cc3ccccc3)NC(=O)CNC(=O)[C@H](Cc3ccccc3)NC(=O)[C@H](Cc3ccccc3)NC(=O)[C@H]12. The molecule has 7 rings (SSSR count). The van der Waals surface area contributed by atoms with E-state index in [9.17, 15) is 38.7 Å². The topological polar surface area (TPSA) is 224 Å². The minimum Gasteiger partial charge on any atom is -0.507 e. The molecule has 16 heteroatoms. The Hall–Kier alpha value is -7.85. The van der Waals surface area contributed by atoms with Gasteiger partial charge in [-0.25, -0.2) is 0 Å². The van der Waals surface area contributed by atoms with Gasteiger partial charge < -0.3 is 41.7 Å². The van der Waals surface area contributed by atoms with Gasteiger partial charge in [0.1, 0.15) is 36.0 Å². The molecule has 0 aliphatic carbocycles. The van der Waals surface area contributed by atoms with E-state index in [1.807, 2.05) is 0 Å². The highest BCUT2D eigenvalue weighted by Gasteiger charge is 2.49. The standard InChI is InChI=1S/C51H53N7O9/c1-32-45-50(66)57-41(29-36-22-12-5-13-23-36)49(65)56-38(26-33-16-6-2-7-17-33)46(62)52-30-43(60)54-40(28-35-20-10-4-11-21-35)48(64)55-39(27-34-18-8-3-9-19-34)47(63)53-31-44(61)58(45)51(67-32)37-24-14-15-25-42(37)59/h2-25,32,38-41,45,51,59H,26-31H2,1H3,(H,52,62)(H,53,63)(H,54,60)(H,55,64)(H,56,65)(H,57,66)/t32-,38+,39+,40+,41+,45+,51?/m1/s1. The summed E-state index contributed by atoms with van der Waals surface area (Å²) in [6.07, 6.45) is -2.31. The zero-order chi connectivity index (χ0) is 47.3. The van der Waals surface area contributed by atoms with Crippen molar-refractivity contribution in [3.63, 3.8) is 0 Å². The van der Waals surface area contributed by atoms with Crippen molar-refractivity contribution in [3.8, 4) is 5.75 Å². The second-order valence-electron chi connectivity index (χ2n) is 16.5. The van der Waals surface area contributed by atoms with Crippen molar-refractivity contribution in [1.82, 2.24) is 36.8 Å². The van der Waals surface area contributed by atoms with Crippen LogP contribution in [0.5, 0.6) is 5.75 Å². The number of hydrogen-bond donors (Lipinski definition) is 7. The van der Waals surface area contributed by atoms with E-state index < -0.39 is 97.0 Å². The molecule has 2 aliphatic rings. The predicted octanol–water partition coefficient (Wildman–Crippen LogP) is 2.16. The monoisotopic (exact) mass is 907 g/mol. The molecule has 7 atom stereocenters. The highest BCUT2D eigenvalue weighted by molar-refractivity contribution is 5.98. The van der Waals surface area contributed by atoms with Gasteiger partial charge in [-0.15, -0.1) is 0 Å². The van der Waals surface area contributed by atoms with Crippen LogP contribution in [0.1, 0.15) is 41.0 Å². The number of para-hydroxylation sites is 1. The number of carbonyl (C=O) groups excluding carboxylic acids is 7. The predicted molar refractivity (Wildman–Crippen MR) is 246 cm³/mol. The fraction of sp³-hybridized carbons (Fsp3) is 0.275. The summed E-state index contributed by atoms with van der Waals surface area (Å²) in [7, 11) is 0. The fourth-order valence-corrected chi connectivity index (χ4v) is 8.21. The maximum Gasteiger partial charge on any atom is 0.246 e. The molecule has 2 heterocycles. The highest BCUT2D eigenvalue weighted by Crippen LogP contribution is 2.38. The van der Waals surface area contributed by atoms with Crippen LogP contribution in [-0.4, -0.2) is 101 Å². The Morgan fingerprint density at radius 3 is 1.30 bits per heavy atom. The molecule has 346 valence electrons. The van der Waals surface area contributed by atoms with Gasteiger partial charge in [0.2, 0.25) is 41.4 Å². The summed E-state index contributed by atoms with van der Waals surface area (Å²) in [6, 6.07) is 35.3. The van der Waals surface area contributed by atoms with Crippen LogP contribution in [0.2, 0.25) is 0 Å². The average Bonchev–Trinajstić information content (AvgIpc) is 3.69. The van der Waals surface area contributed by atoms with E-state index in [2.05, 4.69) is 31.9 Å². The largest absolute Gasteiger partial charge is 0.507 e. The third-order valence-corrected chi connectivity index (χ3v) is 11.6. The Balaban J connectivity index is 1.27. The molecular weight excluding hydrogens is 855 g/mol. The number of phenolic OH excluding ortho intramolecular Hbond substituents is 1. The third-order valence-electron chi connectivity index (χ3n) is 11.6. The number of nitrogens with one attached hydrogen (secondary N) is 6. The number of nitrogens with zero attached hydrogens (tertiary/aromatic N) is 1. The van der Waals surface area contributed by atoms with Crippen molar-refractivity contribution in [1.29, 1.82) is 0 Å². The van der Waals surface area contributed by atoms with Crippen molar-refractivity contribution >= 4 is 41.4 Å². The van der Waals surface area contributed by atoms with E-state index in [-0.39, 0.29) is 37.0 Å². The summed E-state index contributed by atoms with van der Waals surface area (Å²) in [5.74, 6) is -5.41. The molecule has 0 radical (unpaired) electrons. The maximum atomic E-state index is 14.7. The van der Waals surface area contributed by atoms with Crippen LogP contribution in [0.3, 0.4) is 0 Å². The Kier molecular flexibility index (Phi) is 15.7. The average molecular weight is 908 g/mol. The molecule has 0 spiro atoms. The van der Waals surface area contributed by atoms with Crippen LogP contribution in [0.15, 0.2) is 146 Å². The Morgan fingerprint density at radius 2 is 0.851 bits per heavy atom. The molecule has 5 aromatic rings. The van der Waals surface area contributed by atoms with Gasteiger partial charge in [0.05, 0.1) is 19.2 Å². The van der Waals surface area contributed by atoms with E-state index >= 15 is 0 Å². The zero-order valence-electron chi connectivity index (χ0n) is 36.8. The van der Waals surface area contributed by atoms with Gasteiger partial charge in [0, 0.05) is 31.2 Å². The summed E-state index contributed by atoms with van der Waals surface area (Å²) >= 11 is 0. The number of rotatable bonds is 9. The summed E-state index contributed by atoms with van der Waals surface area (Å²) in [5, 5.41) is 27.3. The van der Waals surface area contributed by atoms with Gasteiger partial charge in [-0.2, -0.15) is 0 Å². The number of amides is 7. The molecule has 0 bridgehead atoms. The summed E-state index contributed by atoms with van der Waals surface area (Å²) in [5.41, 5.74) is 2.91. The summed E-state index contributed by atoms with van der Waals surface area (Å²) in [6.45, 7) is 0.326. The molecule has 67 heavy (non-hydrogen) atoms. The van der Waals surface area contributed by atoms with Crippen LogP contribution in [0.25, 0.3) is 0 Å². The lowest BCUT2D eigenvalue weighted by atomic mass is 10.0. The Labute approximate surface area is 387 Å². The highest BCUT2D eigenvalue weighted by atomic mass is 16.5. The molecule has 16 nitrogen and oxygen atoms in total. The maximum absolute atomic E-state index is 14.7. The molecule has 2 aliphatic heterocycles. The number of hydrogen-bond acceptors (Lipinski definition) is 9. The number of benzene rings is 5. The molecule has 7 N–H and O–H groups in total. The van der Waals surface area contributed by atoms with Crippen molar-refractivity contribution in [2.75, 3.05) is 13.1 Å². The first kappa shape index (κ1) is 47.1. The number of ether oxygens (including phenoxy) is 1. The molecule has 1 unspecified atom stereocenters. The van der Waals surface area contributed by atoms with Crippen molar-refractivity contribution in [3.05, 3.63) is 173 Å². The van der Waals surface area contributed by atoms with Crippen molar-refractivity contribution in [2.24, 2.45) is 0 Å². The first-order valence-electron chi connectivity index (χ1n) is 22.1. The Morgan fingerprint density at radius 1 is 0.478 bits per heavy atom. The summed E-state index contributed by atoms with van der Waals surface area (Å²) in [4.78, 5) is 101. The number of carbonyl (C=O) groups is 7. The molecule has 2 saturated heterocycles. The van der Waals surface area contributed by atoms with E-state index in [0.717, 1.165) is 4.90 Å². The summed E-state index contributed by atoms with van der Waals surface area (Å²) < 4.78 is 6.25. The van der Waals surface area contributed by atoms with Crippen molar-refractivity contribution < 1.29 is 43.4 Å².